The summed E-state index contributed by atoms with van der Waals surface area (Å²) in [6.45, 7) is 4.49. The molecule has 0 saturated heterocycles. The molecule has 0 radical (unpaired) electrons. The molecule has 15 heavy (non-hydrogen) atoms. The average molecular weight is 207 g/mol. The number of hydrogen-bond donors (Lipinski definition) is 2. The van der Waals surface area contributed by atoms with E-state index in [0.717, 1.165) is 17.7 Å². The second kappa shape index (κ2) is 5.76. The van der Waals surface area contributed by atoms with Crippen LogP contribution in [0.3, 0.4) is 0 Å². The summed E-state index contributed by atoms with van der Waals surface area (Å²) < 4.78 is 0. The Morgan fingerprint density at radius 2 is 2.13 bits per heavy atom. The van der Waals surface area contributed by atoms with Gasteiger partial charge in [0.1, 0.15) is 0 Å². The quantitative estimate of drug-likeness (QED) is 0.729. The van der Waals surface area contributed by atoms with Crippen molar-refractivity contribution >= 4 is 5.69 Å². The molecule has 1 rings (SSSR count). The molecule has 0 bridgehead atoms. The minimum absolute atomic E-state index is 0.103. The van der Waals surface area contributed by atoms with Crippen LogP contribution < -0.4 is 5.73 Å². The first-order valence-corrected chi connectivity index (χ1v) is 5.68. The maximum Gasteiger partial charge on any atom is 0.0684 e. The molecule has 0 heterocycles. The van der Waals surface area contributed by atoms with E-state index in [-0.39, 0.29) is 6.61 Å². The van der Waals surface area contributed by atoms with Gasteiger partial charge in [-0.25, -0.2) is 0 Å². The predicted molar refractivity (Wildman–Crippen MR) is 64.7 cm³/mol. The van der Waals surface area contributed by atoms with Crippen molar-refractivity contribution in [1.82, 2.24) is 0 Å². The summed E-state index contributed by atoms with van der Waals surface area (Å²) in [5.41, 5.74) is 8.76. The molecular formula is C13H21NO. The highest BCUT2D eigenvalue weighted by atomic mass is 16.3. The number of anilines is 1. The first-order valence-electron chi connectivity index (χ1n) is 5.68. The molecule has 84 valence electrons. The van der Waals surface area contributed by atoms with Crippen LogP contribution in [0.5, 0.6) is 0 Å². The normalized spacial score (nSPS) is 12.7. The Labute approximate surface area is 92.1 Å². The van der Waals surface area contributed by atoms with Crippen LogP contribution in [0.15, 0.2) is 18.2 Å². The van der Waals surface area contributed by atoms with Crippen molar-refractivity contribution in [3.63, 3.8) is 0 Å². The molecule has 0 saturated carbocycles. The van der Waals surface area contributed by atoms with Crippen LogP contribution in [0.4, 0.5) is 5.69 Å². The molecule has 2 heteroatoms. The molecule has 0 aromatic heterocycles. The minimum atomic E-state index is 0.103. The van der Waals surface area contributed by atoms with Crippen LogP contribution in [-0.2, 0) is 6.61 Å². The standard InChI is InChI=1S/C13H21NO/c1-3-4-5-10(2)13-8-12(14)7-6-11(13)9-15/h6-8,10,15H,3-5,9,14H2,1-2H3. The first kappa shape index (κ1) is 12.1. The summed E-state index contributed by atoms with van der Waals surface area (Å²) in [4.78, 5) is 0. The second-order valence-corrected chi connectivity index (χ2v) is 4.16. The molecule has 0 aliphatic rings. The Kier molecular flexibility index (Phi) is 4.63. The Bertz CT molecular complexity index is 309. The van der Waals surface area contributed by atoms with Crippen LogP contribution in [0, 0.1) is 0 Å². The third kappa shape index (κ3) is 3.24. The lowest BCUT2D eigenvalue weighted by Gasteiger charge is -2.15. The van der Waals surface area contributed by atoms with Gasteiger partial charge < -0.3 is 10.8 Å². The molecule has 0 spiro atoms. The van der Waals surface area contributed by atoms with Crippen LogP contribution >= 0.6 is 0 Å². The van der Waals surface area contributed by atoms with Crippen molar-refractivity contribution in [2.45, 2.75) is 45.6 Å². The number of hydrogen-bond acceptors (Lipinski definition) is 2. The summed E-state index contributed by atoms with van der Waals surface area (Å²) in [6, 6.07) is 5.76. The Balaban J connectivity index is 2.85. The molecule has 0 fully saturated rings. The maximum atomic E-state index is 9.24. The van der Waals surface area contributed by atoms with Crippen molar-refractivity contribution in [2.75, 3.05) is 5.73 Å². The fourth-order valence-electron chi connectivity index (χ4n) is 1.88. The van der Waals surface area contributed by atoms with Gasteiger partial charge in [-0.3, -0.25) is 0 Å². The summed E-state index contributed by atoms with van der Waals surface area (Å²) in [5, 5.41) is 9.24. The lowest BCUT2D eigenvalue weighted by molar-refractivity contribution is 0.280. The summed E-state index contributed by atoms with van der Waals surface area (Å²) in [7, 11) is 0. The molecule has 0 aliphatic heterocycles. The Morgan fingerprint density at radius 1 is 1.40 bits per heavy atom. The third-order valence-electron chi connectivity index (χ3n) is 2.86. The van der Waals surface area contributed by atoms with E-state index >= 15 is 0 Å². The summed E-state index contributed by atoms with van der Waals surface area (Å²) >= 11 is 0. The second-order valence-electron chi connectivity index (χ2n) is 4.16. The van der Waals surface area contributed by atoms with Gasteiger partial charge in [0, 0.05) is 5.69 Å². The molecule has 1 atom stereocenters. The number of rotatable bonds is 5. The van der Waals surface area contributed by atoms with E-state index in [1.807, 2.05) is 18.2 Å². The summed E-state index contributed by atoms with van der Waals surface area (Å²) in [6.07, 6.45) is 3.59. The highest BCUT2D eigenvalue weighted by molar-refractivity contribution is 5.45. The molecule has 1 aromatic carbocycles. The molecule has 3 N–H and O–H groups in total. The summed E-state index contributed by atoms with van der Waals surface area (Å²) in [5.74, 6) is 0.482. The molecule has 0 amide bonds. The number of aliphatic hydroxyl groups is 1. The van der Waals surface area contributed by atoms with Crippen molar-refractivity contribution in [1.29, 1.82) is 0 Å². The van der Waals surface area contributed by atoms with Gasteiger partial charge >= 0.3 is 0 Å². The molecule has 1 unspecified atom stereocenters. The van der Waals surface area contributed by atoms with Gasteiger partial charge in [0.25, 0.3) is 0 Å². The zero-order chi connectivity index (χ0) is 11.3. The average Bonchev–Trinajstić information content (AvgIpc) is 2.25. The van der Waals surface area contributed by atoms with E-state index < -0.39 is 0 Å². The van der Waals surface area contributed by atoms with Gasteiger partial charge in [0.05, 0.1) is 6.61 Å². The number of nitrogen functional groups attached to an aromatic ring is 1. The van der Waals surface area contributed by atoms with E-state index in [4.69, 9.17) is 5.73 Å². The van der Waals surface area contributed by atoms with Crippen LogP contribution in [0.25, 0.3) is 0 Å². The zero-order valence-corrected chi connectivity index (χ0v) is 9.66. The zero-order valence-electron chi connectivity index (χ0n) is 9.66. The monoisotopic (exact) mass is 207 g/mol. The molecule has 0 aliphatic carbocycles. The number of unbranched alkanes of at least 4 members (excludes halogenated alkanes) is 1. The lowest BCUT2D eigenvalue weighted by atomic mass is 9.91. The number of nitrogens with two attached hydrogens (primary N) is 1. The highest BCUT2D eigenvalue weighted by Gasteiger charge is 2.10. The Hall–Kier alpha value is -1.02. The fraction of sp³-hybridized carbons (Fsp3) is 0.538. The highest BCUT2D eigenvalue weighted by Crippen LogP contribution is 2.26. The van der Waals surface area contributed by atoms with Crippen molar-refractivity contribution in [3.05, 3.63) is 29.3 Å². The lowest BCUT2D eigenvalue weighted by Crippen LogP contribution is -2.01. The van der Waals surface area contributed by atoms with E-state index in [1.54, 1.807) is 0 Å². The Morgan fingerprint density at radius 3 is 2.73 bits per heavy atom. The van der Waals surface area contributed by atoms with E-state index in [9.17, 15) is 5.11 Å². The molecule has 1 aromatic rings. The van der Waals surface area contributed by atoms with Crippen LogP contribution in [0.1, 0.15) is 50.2 Å². The van der Waals surface area contributed by atoms with Crippen molar-refractivity contribution in [2.24, 2.45) is 0 Å². The van der Waals surface area contributed by atoms with Crippen LogP contribution in [-0.4, -0.2) is 5.11 Å². The minimum Gasteiger partial charge on any atom is -0.399 e. The van der Waals surface area contributed by atoms with Crippen molar-refractivity contribution < 1.29 is 5.11 Å². The maximum absolute atomic E-state index is 9.24. The SMILES string of the molecule is CCCCC(C)c1cc(N)ccc1CO. The van der Waals surface area contributed by atoms with Gasteiger partial charge in [0.15, 0.2) is 0 Å². The smallest absolute Gasteiger partial charge is 0.0684 e. The van der Waals surface area contributed by atoms with Gasteiger partial charge in [-0.1, -0.05) is 32.8 Å². The number of aliphatic hydroxyl groups excluding tert-OH is 1. The third-order valence-corrected chi connectivity index (χ3v) is 2.86. The first-order chi connectivity index (χ1) is 7.19. The number of benzene rings is 1. The molecular weight excluding hydrogens is 186 g/mol. The fourth-order valence-corrected chi connectivity index (χ4v) is 1.88. The largest absolute Gasteiger partial charge is 0.399 e. The van der Waals surface area contributed by atoms with Crippen molar-refractivity contribution in [3.8, 4) is 0 Å². The van der Waals surface area contributed by atoms with Gasteiger partial charge in [-0.2, -0.15) is 0 Å². The molecule has 2 nitrogen and oxygen atoms in total. The van der Waals surface area contributed by atoms with Crippen LogP contribution in [0.2, 0.25) is 0 Å². The van der Waals surface area contributed by atoms with E-state index in [1.165, 1.54) is 18.4 Å². The topological polar surface area (TPSA) is 46.2 Å². The van der Waals surface area contributed by atoms with E-state index in [0.29, 0.717) is 5.92 Å². The van der Waals surface area contributed by atoms with Gasteiger partial charge in [-0.15, -0.1) is 0 Å². The van der Waals surface area contributed by atoms with E-state index in [2.05, 4.69) is 13.8 Å². The van der Waals surface area contributed by atoms with Gasteiger partial charge in [0.2, 0.25) is 0 Å². The van der Waals surface area contributed by atoms with Gasteiger partial charge in [-0.05, 0) is 35.6 Å². The predicted octanol–water partition coefficient (Wildman–Crippen LogP) is 3.05.